The van der Waals surface area contributed by atoms with Crippen LogP contribution in [0.25, 0.3) is 0 Å². The highest BCUT2D eigenvalue weighted by Crippen LogP contribution is 2.24. The van der Waals surface area contributed by atoms with Crippen LogP contribution in [0.1, 0.15) is 19.8 Å². The molecule has 0 aromatic carbocycles. The van der Waals surface area contributed by atoms with Gasteiger partial charge in [0.05, 0.1) is 12.2 Å². The summed E-state index contributed by atoms with van der Waals surface area (Å²) in [4.78, 5) is 11.9. The van der Waals surface area contributed by atoms with Crippen molar-refractivity contribution < 1.29 is 9.53 Å². The molecule has 2 heteroatoms. The van der Waals surface area contributed by atoms with Crippen molar-refractivity contribution in [1.82, 2.24) is 0 Å². The van der Waals surface area contributed by atoms with Crippen molar-refractivity contribution in [1.29, 1.82) is 0 Å². The summed E-state index contributed by atoms with van der Waals surface area (Å²) in [6.07, 6.45) is 15.8. The second kappa shape index (κ2) is 5.48. The Labute approximate surface area is 102 Å². The molecular weight excluding hydrogens is 212 g/mol. The first kappa shape index (κ1) is 11.6. The van der Waals surface area contributed by atoms with Crippen LogP contribution in [0.2, 0.25) is 0 Å². The number of esters is 1. The van der Waals surface area contributed by atoms with Gasteiger partial charge in [0.15, 0.2) is 0 Å². The molecule has 0 heterocycles. The van der Waals surface area contributed by atoms with Crippen molar-refractivity contribution in [3.05, 3.63) is 59.3 Å². The van der Waals surface area contributed by atoms with Gasteiger partial charge in [-0.15, -0.1) is 0 Å². The maximum Gasteiger partial charge on any atom is 0.338 e. The van der Waals surface area contributed by atoms with E-state index in [4.69, 9.17) is 4.74 Å². The van der Waals surface area contributed by atoms with E-state index in [0.717, 1.165) is 24.0 Å². The minimum absolute atomic E-state index is 0.227. The quantitative estimate of drug-likeness (QED) is 0.545. The van der Waals surface area contributed by atoms with Gasteiger partial charge in [-0.05, 0) is 37.0 Å². The Bertz CT molecular complexity index is 459. The molecular formula is C15H16O2. The average Bonchev–Trinajstić information content (AvgIpc) is 2.99. The topological polar surface area (TPSA) is 26.3 Å². The van der Waals surface area contributed by atoms with E-state index in [-0.39, 0.29) is 5.97 Å². The van der Waals surface area contributed by atoms with Gasteiger partial charge in [-0.1, -0.05) is 36.5 Å². The third-order valence-electron chi connectivity index (χ3n) is 2.74. The summed E-state index contributed by atoms with van der Waals surface area (Å²) in [6.45, 7) is 2.24. The van der Waals surface area contributed by atoms with E-state index >= 15 is 0 Å². The molecule has 0 N–H and O–H groups in total. The first-order chi connectivity index (χ1) is 8.31. The molecule has 0 spiro atoms. The van der Waals surface area contributed by atoms with Gasteiger partial charge in [-0.2, -0.15) is 0 Å². The monoisotopic (exact) mass is 228 g/mol. The lowest BCUT2D eigenvalue weighted by atomic mass is 10.0. The van der Waals surface area contributed by atoms with Gasteiger partial charge in [0.2, 0.25) is 0 Å². The van der Waals surface area contributed by atoms with Crippen LogP contribution >= 0.6 is 0 Å². The Hall–Kier alpha value is -1.83. The molecule has 0 bridgehead atoms. The lowest BCUT2D eigenvalue weighted by Gasteiger charge is -2.08. The lowest BCUT2D eigenvalue weighted by molar-refractivity contribution is -0.138. The summed E-state index contributed by atoms with van der Waals surface area (Å²) in [5.41, 5.74) is 2.88. The van der Waals surface area contributed by atoms with E-state index in [9.17, 15) is 4.79 Å². The fourth-order valence-electron chi connectivity index (χ4n) is 1.89. The van der Waals surface area contributed by atoms with Gasteiger partial charge < -0.3 is 4.74 Å². The van der Waals surface area contributed by atoms with Crippen molar-refractivity contribution in [2.45, 2.75) is 19.8 Å². The van der Waals surface area contributed by atoms with Crippen molar-refractivity contribution in [2.75, 3.05) is 6.61 Å². The largest absolute Gasteiger partial charge is 0.462 e. The third-order valence-corrected chi connectivity index (χ3v) is 2.74. The fraction of sp³-hybridized carbons (Fsp3) is 0.267. The zero-order valence-corrected chi connectivity index (χ0v) is 9.98. The molecule has 88 valence electrons. The second-order valence-electron chi connectivity index (χ2n) is 3.98. The molecule has 2 aliphatic carbocycles. The Morgan fingerprint density at radius 3 is 2.65 bits per heavy atom. The molecule has 2 rings (SSSR count). The summed E-state index contributed by atoms with van der Waals surface area (Å²) in [6, 6.07) is 0. The maximum atomic E-state index is 11.9. The molecule has 2 nitrogen and oxygen atoms in total. The van der Waals surface area contributed by atoms with Crippen molar-refractivity contribution in [3.8, 4) is 0 Å². The van der Waals surface area contributed by atoms with Gasteiger partial charge in [-0.25, -0.2) is 4.79 Å². The van der Waals surface area contributed by atoms with Crippen LogP contribution in [0.5, 0.6) is 0 Å². The van der Waals surface area contributed by atoms with Crippen LogP contribution in [0, 0.1) is 0 Å². The van der Waals surface area contributed by atoms with Crippen LogP contribution in [0.4, 0.5) is 0 Å². The smallest absolute Gasteiger partial charge is 0.338 e. The maximum absolute atomic E-state index is 11.9. The molecule has 17 heavy (non-hydrogen) atoms. The number of allylic oxidation sites excluding steroid dienone is 8. The number of hydrogen-bond acceptors (Lipinski definition) is 2. The molecule has 0 aromatic rings. The van der Waals surface area contributed by atoms with Crippen molar-refractivity contribution in [3.63, 3.8) is 0 Å². The van der Waals surface area contributed by atoms with Crippen LogP contribution in [-0.2, 0) is 9.53 Å². The summed E-state index contributed by atoms with van der Waals surface area (Å²) < 4.78 is 5.10. The zero-order valence-electron chi connectivity index (χ0n) is 9.98. The normalized spacial score (nSPS) is 18.3. The molecule has 0 unspecified atom stereocenters. The predicted octanol–water partition coefficient (Wildman–Crippen LogP) is 3.25. The first-order valence-corrected chi connectivity index (χ1v) is 5.92. The lowest BCUT2D eigenvalue weighted by Crippen LogP contribution is -2.09. The van der Waals surface area contributed by atoms with Gasteiger partial charge in [0, 0.05) is 0 Å². The average molecular weight is 228 g/mol. The Morgan fingerprint density at radius 1 is 1.29 bits per heavy atom. The van der Waals surface area contributed by atoms with Crippen molar-refractivity contribution >= 4 is 5.97 Å². The second-order valence-corrected chi connectivity index (χ2v) is 3.98. The summed E-state index contributed by atoms with van der Waals surface area (Å²) in [7, 11) is 0. The minimum atomic E-state index is -0.227. The Kier molecular flexibility index (Phi) is 3.76. The summed E-state index contributed by atoms with van der Waals surface area (Å²) >= 11 is 0. The predicted molar refractivity (Wildman–Crippen MR) is 68.4 cm³/mol. The molecule has 0 atom stereocenters. The highest BCUT2D eigenvalue weighted by Gasteiger charge is 2.16. The van der Waals surface area contributed by atoms with Crippen molar-refractivity contribution in [2.24, 2.45) is 0 Å². The van der Waals surface area contributed by atoms with Crippen LogP contribution in [0.3, 0.4) is 0 Å². The fourth-order valence-corrected chi connectivity index (χ4v) is 1.89. The van der Waals surface area contributed by atoms with Crippen LogP contribution in [-0.4, -0.2) is 12.6 Å². The highest BCUT2D eigenvalue weighted by molar-refractivity contribution is 5.94. The SMILES string of the molecule is CCOC(=O)/C(=C\C1=CC=CC1)C1=CC=CC1. The molecule has 0 saturated heterocycles. The summed E-state index contributed by atoms with van der Waals surface area (Å²) in [5, 5.41) is 0. The molecule has 0 fully saturated rings. The summed E-state index contributed by atoms with van der Waals surface area (Å²) in [5.74, 6) is -0.227. The molecule has 0 aliphatic heterocycles. The number of rotatable bonds is 4. The van der Waals surface area contributed by atoms with Gasteiger partial charge >= 0.3 is 5.97 Å². The van der Waals surface area contributed by atoms with E-state index < -0.39 is 0 Å². The minimum Gasteiger partial charge on any atom is -0.462 e. The number of carbonyl (C=O) groups excluding carboxylic acids is 1. The standard InChI is InChI=1S/C15H16O2/c1-2-17-15(16)14(13-9-5-6-10-13)11-12-7-3-4-8-12/h3-7,9,11H,2,8,10H2,1H3/b14-11-. The molecule has 0 amide bonds. The first-order valence-electron chi connectivity index (χ1n) is 5.92. The molecule has 0 aromatic heterocycles. The highest BCUT2D eigenvalue weighted by atomic mass is 16.5. The zero-order chi connectivity index (χ0) is 12.1. The molecule has 0 saturated carbocycles. The van der Waals surface area contributed by atoms with E-state index in [0.29, 0.717) is 12.2 Å². The van der Waals surface area contributed by atoms with Crippen LogP contribution in [0.15, 0.2) is 59.3 Å². The molecule has 2 aliphatic rings. The van der Waals surface area contributed by atoms with E-state index in [2.05, 4.69) is 6.08 Å². The van der Waals surface area contributed by atoms with Gasteiger partial charge in [-0.3, -0.25) is 0 Å². The molecule has 0 radical (unpaired) electrons. The van der Waals surface area contributed by atoms with E-state index in [1.54, 1.807) is 0 Å². The van der Waals surface area contributed by atoms with E-state index in [1.807, 2.05) is 43.4 Å². The number of ether oxygens (including phenoxy) is 1. The van der Waals surface area contributed by atoms with Gasteiger partial charge in [0.25, 0.3) is 0 Å². The number of hydrogen-bond donors (Lipinski definition) is 0. The number of carbonyl (C=O) groups is 1. The van der Waals surface area contributed by atoms with Crippen LogP contribution < -0.4 is 0 Å². The Morgan fingerprint density at radius 2 is 2.06 bits per heavy atom. The Balaban J connectivity index is 2.20. The van der Waals surface area contributed by atoms with Gasteiger partial charge in [0.1, 0.15) is 0 Å². The third kappa shape index (κ3) is 2.84. The van der Waals surface area contributed by atoms with E-state index in [1.165, 1.54) is 0 Å².